The minimum Gasteiger partial charge on any atom is -0.330 e. The lowest BCUT2D eigenvalue weighted by atomic mass is 9.52. The Bertz CT molecular complexity index is 993. The molecule has 0 unspecified atom stereocenters. The van der Waals surface area contributed by atoms with Crippen LogP contribution >= 0.6 is 0 Å². The zero-order chi connectivity index (χ0) is 35.0. The lowest BCUT2D eigenvalue weighted by Crippen LogP contribution is -2.45. The van der Waals surface area contributed by atoms with Crippen molar-refractivity contribution < 1.29 is 0 Å². The average molecular weight is 613 g/mol. The number of hydrogen-bond acceptors (Lipinski definition) is 2. The molecule has 0 bridgehead atoms. The van der Waals surface area contributed by atoms with Gasteiger partial charge in [-0.3, -0.25) is 0 Å². The van der Waals surface area contributed by atoms with Crippen LogP contribution in [0.25, 0.3) is 0 Å². The van der Waals surface area contributed by atoms with E-state index in [1.807, 2.05) is 0 Å². The van der Waals surface area contributed by atoms with Crippen molar-refractivity contribution in [3.63, 3.8) is 0 Å². The summed E-state index contributed by atoms with van der Waals surface area (Å²) >= 11 is 0. The van der Waals surface area contributed by atoms with E-state index < -0.39 is 0 Å². The summed E-state index contributed by atoms with van der Waals surface area (Å²) in [6.07, 6.45) is 6.81. The van der Waals surface area contributed by atoms with Gasteiger partial charge in [0.05, 0.1) is 0 Å². The van der Waals surface area contributed by atoms with Crippen molar-refractivity contribution in [3.8, 4) is 0 Å². The van der Waals surface area contributed by atoms with Gasteiger partial charge in [-0.1, -0.05) is 150 Å². The van der Waals surface area contributed by atoms with E-state index in [9.17, 15) is 0 Å². The van der Waals surface area contributed by atoms with Gasteiger partial charge in [-0.15, -0.1) is 0 Å². The Hall–Kier alpha value is -0.860. The van der Waals surface area contributed by atoms with Gasteiger partial charge in [0, 0.05) is 0 Å². The molecule has 44 heavy (non-hydrogen) atoms. The SMILES string of the molecule is CC(C)(C)c1cc(C(C)(C)C(C)(C)CC(C)(C)C(C)(C)CCCN)cc(C(C)(C)C(C)(C)CC(C)(C)C(C)(C)CCCN)c1. The quantitative estimate of drug-likeness (QED) is 0.195. The van der Waals surface area contributed by atoms with E-state index >= 15 is 0 Å². The molecule has 0 radical (unpaired) electrons. The Morgan fingerprint density at radius 1 is 0.386 bits per heavy atom. The third-order valence-corrected chi connectivity index (χ3v) is 14.1. The van der Waals surface area contributed by atoms with Crippen molar-refractivity contribution in [2.75, 3.05) is 13.1 Å². The minimum absolute atomic E-state index is 0.0199. The van der Waals surface area contributed by atoms with Crippen LogP contribution in [0.1, 0.15) is 187 Å². The monoisotopic (exact) mass is 613 g/mol. The van der Waals surface area contributed by atoms with Gasteiger partial charge in [-0.2, -0.15) is 0 Å². The van der Waals surface area contributed by atoms with Crippen LogP contribution in [0, 0.1) is 32.5 Å². The molecular formula is C42H80N2. The zero-order valence-electron chi connectivity index (χ0n) is 33.5. The lowest BCUT2D eigenvalue weighted by molar-refractivity contribution is 0.0149. The summed E-state index contributed by atoms with van der Waals surface area (Å²) in [6.45, 7) is 48.5. The summed E-state index contributed by atoms with van der Waals surface area (Å²) in [5.41, 5.74) is 17.3. The molecule has 0 aliphatic rings. The fourth-order valence-corrected chi connectivity index (χ4v) is 7.46. The Morgan fingerprint density at radius 2 is 0.659 bits per heavy atom. The molecular weight excluding hydrogens is 532 g/mol. The van der Waals surface area contributed by atoms with Crippen LogP contribution in [0.2, 0.25) is 0 Å². The Kier molecular flexibility index (Phi) is 12.5. The minimum atomic E-state index is -0.0199. The first-order chi connectivity index (χ1) is 19.4. The molecule has 0 fully saturated rings. The van der Waals surface area contributed by atoms with Crippen LogP contribution in [-0.4, -0.2) is 13.1 Å². The van der Waals surface area contributed by atoms with E-state index in [1.165, 1.54) is 29.5 Å². The van der Waals surface area contributed by atoms with Crippen molar-refractivity contribution in [2.45, 2.75) is 186 Å². The van der Waals surface area contributed by atoms with Crippen LogP contribution in [0.15, 0.2) is 18.2 Å². The second-order valence-corrected chi connectivity index (χ2v) is 20.7. The van der Waals surface area contributed by atoms with Gasteiger partial charge < -0.3 is 11.5 Å². The van der Waals surface area contributed by atoms with Crippen molar-refractivity contribution in [1.29, 1.82) is 0 Å². The van der Waals surface area contributed by atoms with Crippen LogP contribution < -0.4 is 11.5 Å². The molecule has 1 aromatic carbocycles. The Labute approximate surface area is 277 Å². The number of rotatable bonds is 16. The third kappa shape index (κ3) is 8.73. The largest absolute Gasteiger partial charge is 0.330 e. The van der Waals surface area contributed by atoms with Gasteiger partial charge >= 0.3 is 0 Å². The molecule has 0 amide bonds. The highest BCUT2D eigenvalue weighted by Crippen LogP contribution is 2.57. The van der Waals surface area contributed by atoms with Crippen LogP contribution in [0.4, 0.5) is 0 Å². The second kappa shape index (κ2) is 13.3. The van der Waals surface area contributed by atoms with E-state index in [0.29, 0.717) is 0 Å². The predicted octanol–water partition coefficient (Wildman–Crippen LogP) is 12.0. The van der Waals surface area contributed by atoms with E-state index in [1.54, 1.807) is 0 Å². The zero-order valence-corrected chi connectivity index (χ0v) is 33.5. The molecule has 0 aromatic heterocycles. The first-order valence-electron chi connectivity index (χ1n) is 17.9. The summed E-state index contributed by atoms with van der Waals surface area (Å²) in [5, 5.41) is 0. The molecule has 0 heterocycles. The smallest absolute Gasteiger partial charge is 0.00520 e. The van der Waals surface area contributed by atoms with Gasteiger partial charge in [-0.05, 0) is 117 Å². The maximum Gasteiger partial charge on any atom is -0.00520 e. The number of nitrogens with two attached hydrogens (primary N) is 2. The van der Waals surface area contributed by atoms with E-state index in [4.69, 9.17) is 11.5 Å². The number of hydrogen-bond donors (Lipinski definition) is 2. The van der Waals surface area contributed by atoms with Crippen molar-refractivity contribution in [3.05, 3.63) is 34.9 Å². The first kappa shape index (κ1) is 41.2. The van der Waals surface area contributed by atoms with Crippen LogP contribution in [0.5, 0.6) is 0 Å². The summed E-state index contributed by atoms with van der Waals surface area (Å²) in [6, 6.07) is 7.68. The summed E-state index contributed by atoms with van der Waals surface area (Å²) in [7, 11) is 0. The normalized spacial score (nSPS) is 15.2. The van der Waals surface area contributed by atoms with Crippen molar-refractivity contribution >= 4 is 0 Å². The molecule has 1 aromatic rings. The van der Waals surface area contributed by atoms with Gasteiger partial charge in [0.15, 0.2) is 0 Å². The van der Waals surface area contributed by atoms with Crippen LogP contribution in [-0.2, 0) is 16.2 Å². The van der Waals surface area contributed by atoms with Gasteiger partial charge in [0.1, 0.15) is 0 Å². The summed E-state index contributed by atoms with van der Waals surface area (Å²) in [4.78, 5) is 0. The standard InChI is InChI=1S/C42H80N2/c1-34(2,3)31-26-32(41(16,17)39(12,13)29-37(8,9)35(4,5)22-20-24-43)28-33(27-31)42(18,19)40(14,15)30-38(10,11)36(6,7)23-21-25-44/h26-28H,20-25,29-30,43-44H2,1-19H3. The highest BCUT2D eigenvalue weighted by atomic mass is 14.6. The molecule has 2 nitrogen and oxygen atoms in total. The average Bonchev–Trinajstić information content (AvgIpc) is 2.83. The van der Waals surface area contributed by atoms with E-state index in [0.717, 1.165) is 38.8 Å². The first-order valence-corrected chi connectivity index (χ1v) is 17.9. The summed E-state index contributed by atoms with van der Waals surface area (Å²) < 4.78 is 0. The molecule has 258 valence electrons. The van der Waals surface area contributed by atoms with Crippen molar-refractivity contribution in [1.82, 2.24) is 0 Å². The molecule has 0 atom stereocenters. The van der Waals surface area contributed by atoms with E-state index in [2.05, 4.69) is 150 Å². The second-order valence-electron chi connectivity index (χ2n) is 20.7. The highest BCUT2D eigenvalue weighted by molar-refractivity contribution is 5.42. The van der Waals surface area contributed by atoms with Crippen molar-refractivity contribution in [2.24, 2.45) is 44.0 Å². The van der Waals surface area contributed by atoms with Gasteiger partial charge in [0.25, 0.3) is 0 Å². The fraction of sp³-hybridized carbons (Fsp3) is 0.857. The number of benzene rings is 1. The molecule has 0 aliphatic carbocycles. The topological polar surface area (TPSA) is 52.0 Å². The molecule has 0 spiro atoms. The molecule has 0 aliphatic heterocycles. The summed E-state index contributed by atoms with van der Waals surface area (Å²) in [5.74, 6) is 0. The van der Waals surface area contributed by atoms with Crippen LogP contribution in [0.3, 0.4) is 0 Å². The lowest BCUT2D eigenvalue weighted by Gasteiger charge is -2.53. The maximum atomic E-state index is 5.95. The molecule has 2 heteroatoms. The fourth-order valence-electron chi connectivity index (χ4n) is 7.46. The third-order valence-electron chi connectivity index (χ3n) is 14.1. The Balaban J connectivity index is 3.75. The predicted molar refractivity (Wildman–Crippen MR) is 200 cm³/mol. The molecule has 1 rings (SSSR count). The molecule has 4 N–H and O–H groups in total. The van der Waals surface area contributed by atoms with Gasteiger partial charge in [-0.25, -0.2) is 0 Å². The maximum absolute atomic E-state index is 5.95. The Morgan fingerprint density at radius 3 is 0.909 bits per heavy atom. The van der Waals surface area contributed by atoms with E-state index in [-0.39, 0.29) is 48.7 Å². The molecule has 0 saturated heterocycles. The molecule has 0 saturated carbocycles. The highest BCUT2D eigenvalue weighted by Gasteiger charge is 2.49. The van der Waals surface area contributed by atoms with Gasteiger partial charge in [0.2, 0.25) is 0 Å².